The van der Waals surface area contributed by atoms with Crippen molar-refractivity contribution in [1.82, 2.24) is 14.8 Å². The highest BCUT2D eigenvalue weighted by molar-refractivity contribution is 7.91. The second-order valence-corrected chi connectivity index (χ2v) is 10.2. The number of fused-ring (bicyclic) bond motifs is 1. The molecule has 0 N–H and O–H groups in total. The lowest BCUT2D eigenvalue weighted by Crippen LogP contribution is -2.59. The van der Waals surface area contributed by atoms with Crippen LogP contribution in [0.25, 0.3) is 9.88 Å². The molecule has 4 heterocycles. The molecule has 2 saturated heterocycles. The second-order valence-electron chi connectivity index (χ2n) is 6.21. The summed E-state index contributed by atoms with van der Waals surface area (Å²) in [4.78, 5) is 22.2. The molecule has 0 spiro atoms. The molecule has 128 valence electrons. The lowest BCUT2D eigenvalue weighted by molar-refractivity contribution is 0.0405. The van der Waals surface area contributed by atoms with E-state index in [4.69, 9.17) is 0 Å². The number of aromatic nitrogens is 1. The number of carbonyl (C=O) groups is 1. The number of rotatable bonds is 2. The summed E-state index contributed by atoms with van der Waals surface area (Å²) in [6.07, 6.45) is 0. The molecule has 4 rings (SSSR count). The topological polar surface area (TPSA) is 70.6 Å². The van der Waals surface area contributed by atoms with Crippen molar-refractivity contribution < 1.29 is 13.2 Å². The Hall–Kier alpha value is -1.29. The normalized spacial score (nSPS) is 26.5. The summed E-state index contributed by atoms with van der Waals surface area (Å²) >= 11 is 3.04. The Kier molecular flexibility index (Phi) is 3.98. The number of thiazole rings is 1. The lowest BCUT2D eigenvalue weighted by Gasteiger charge is -2.41. The fourth-order valence-electron chi connectivity index (χ4n) is 3.41. The van der Waals surface area contributed by atoms with Crippen molar-refractivity contribution in [2.75, 3.05) is 31.6 Å². The average Bonchev–Trinajstić information content (AvgIpc) is 3.25. The third-order valence-electron chi connectivity index (χ3n) is 4.67. The number of likely N-dealkylation sites (N-methyl/N-ethyl adjacent to an activating group) is 1. The molecule has 2 aromatic rings. The number of amides is 1. The zero-order valence-electron chi connectivity index (χ0n) is 13.1. The summed E-state index contributed by atoms with van der Waals surface area (Å²) in [6, 6.07) is 3.56. The summed E-state index contributed by atoms with van der Waals surface area (Å²) < 4.78 is 24.1. The first kappa shape index (κ1) is 16.2. The number of carbonyl (C=O) groups excluding carboxylic acids is 1. The van der Waals surface area contributed by atoms with Crippen LogP contribution in [0.15, 0.2) is 22.9 Å². The van der Waals surface area contributed by atoms with Crippen LogP contribution in [0.5, 0.6) is 0 Å². The van der Waals surface area contributed by atoms with Crippen LogP contribution in [0.4, 0.5) is 0 Å². The molecule has 24 heavy (non-hydrogen) atoms. The Morgan fingerprint density at radius 3 is 2.79 bits per heavy atom. The van der Waals surface area contributed by atoms with Crippen LogP contribution < -0.4 is 0 Å². The van der Waals surface area contributed by atoms with Gasteiger partial charge in [0.1, 0.15) is 10.7 Å². The molecule has 0 saturated carbocycles. The van der Waals surface area contributed by atoms with E-state index < -0.39 is 9.84 Å². The van der Waals surface area contributed by atoms with E-state index in [2.05, 4.69) is 9.88 Å². The Morgan fingerprint density at radius 2 is 2.04 bits per heavy atom. The molecule has 0 aliphatic carbocycles. The van der Waals surface area contributed by atoms with Crippen LogP contribution in [0.3, 0.4) is 0 Å². The van der Waals surface area contributed by atoms with Gasteiger partial charge < -0.3 is 4.90 Å². The number of thiophene rings is 1. The maximum atomic E-state index is 12.9. The number of hydrogen-bond acceptors (Lipinski definition) is 7. The van der Waals surface area contributed by atoms with Crippen molar-refractivity contribution in [3.63, 3.8) is 0 Å². The molecule has 0 aromatic carbocycles. The number of nitrogens with zero attached hydrogens (tertiary/aromatic N) is 3. The molecule has 2 atom stereocenters. The maximum Gasteiger partial charge on any atom is 0.273 e. The summed E-state index contributed by atoms with van der Waals surface area (Å²) in [7, 11) is -1.16. The largest absolute Gasteiger partial charge is 0.330 e. The Morgan fingerprint density at radius 1 is 1.25 bits per heavy atom. The molecule has 0 bridgehead atoms. The van der Waals surface area contributed by atoms with Crippen molar-refractivity contribution in [3.8, 4) is 9.88 Å². The second kappa shape index (κ2) is 5.91. The van der Waals surface area contributed by atoms with E-state index in [9.17, 15) is 13.2 Å². The third-order valence-corrected chi connectivity index (χ3v) is 8.25. The Labute approximate surface area is 148 Å². The molecular formula is C15H17N3O3S3. The van der Waals surface area contributed by atoms with E-state index in [-0.39, 0.29) is 29.5 Å². The van der Waals surface area contributed by atoms with Crippen LogP contribution in [-0.4, -0.2) is 72.8 Å². The number of hydrogen-bond donors (Lipinski definition) is 0. The number of sulfone groups is 1. The fraction of sp³-hybridized carbons (Fsp3) is 0.467. The van der Waals surface area contributed by atoms with Crippen molar-refractivity contribution in [2.24, 2.45) is 0 Å². The highest BCUT2D eigenvalue weighted by Gasteiger charge is 2.47. The molecule has 6 nitrogen and oxygen atoms in total. The van der Waals surface area contributed by atoms with E-state index in [1.807, 2.05) is 24.6 Å². The molecular weight excluding hydrogens is 366 g/mol. The van der Waals surface area contributed by atoms with Gasteiger partial charge in [-0.2, -0.15) is 0 Å². The first-order chi connectivity index (χ1) is 11.4. The van der Waals surface area contributed by atoms with Gasteiger partial charge in [0.05, 0.1) is 22.4 Å². The van der Waals surface area contributed by atoms with Crippen molar-refractivity contribution in [3.05, 3.63) is 28.6 Å². The van der Waals surface area contributed by atoms with Gasteiger partial charge >= 0.3 is 0 Å². The molecule has 0 unspecified atom stereocenters. The van der Waals surface area contributed by atoms with E-state index in [1.54, 1.807) is 21.6 Å². The molecule has 2 aliphatic heterocycles. The van der Waals surface area contributed by atoms with Gasteiger partial charge in [0.2, 0.25) is 0 Å². The smallest absolute Gasteiger partial charge is 0.273 e. The van der Waals surface area contributed by atoms with Crippen molar-refractivity contribution in [2.45, 2.75) is 12.1 Å². The minimum absolute atomic E-state index is 0.0513. The predicted molar refractivity (Wildman–Crippen MR) is 95.3 cm³/mol. The van der Waals surface area contributed by atoms with Crippen molar-refractivity contribution >= 4 is 38.4 Å². The van der Waals surface area contributed by atoms with Crippen LogP contribution in [0, 0.1) is 0 Å². The van der Waals surface area contributed by atoms with Gasteiger partial charge in [0.15, 0.2) is 9.84 Å². The first-order valence-electron chi connectivity index (χ1n) is 7.66. The van der Waals surface area contributed by atoms with Crippen LogP contribution in [0.2, 0.25) is 0 Å². The van der Waals surface area contributed by atoms with Crippen LogP contribution >= 0.6 is 22.7 Å². The SMILES string of the molecule is CN1CCN(C(=O)c2csc(-c3cccs3)n2)[C@H]2CS(=O)(=O)C[C@H]21. The molecule has 1 amide bonds. The quantitative estimate of drug-likeness (QED) is 0.785. The molecule has 2 aromatic heterocycles. The van der Waals surface area contributed by atoms with E-state index in [0.29, 0.717) is 18.8 Å². The summed E-state index contributed by atoms with van der Waals surface area (Å²) in [6.45, 7) is 1.22. The molecule has 0 radical (unpaired) electrons. The van der Waals surface area contributed by atoms with Gasteiger partial charge in [0.25, 0.3) is 5.91 Å². The van der Waals surface area contributed by atoms with Gasteiger partial charge in [-0.3, -0.25) is 9.69 Å². The standard InChI is InChI=1S/C15H17N3O3S3/c1-17-4-5-18(12-9-24(20,21)8-11(12)17)15(19)10-7-23-14(16-10)13-3-2-6-22-13/h2-3,6-7,11-12H,4-5,8-9H2,1H3/t11-,12+/m1/s1. The van der Waals surface area contributed by atoms with E-state index in [0.717, 1.165) is 9.88 Å². The van der Waals surface area contributed by atoms with Crippen LogP contribution in [-0.2, 0) is 9.84 Å². The van der Waals surface area contributed by atoms with Gasteiger partial charge in [0, 0.05) is 24.5 Å². The minimum Gasteiger partial charge on any atom is -0.330 e. The molecule has 2 fully saturated rings. The summed E-state index contributed by atoms with van der Waals surface area (Å²) in [5.41, 5.74) is 0.413. The van der Waals surface area contributed by atoms with Crippen molar-refractivity contribution in [1.29, 1.82) is 0 Å². The highest BCUT2D eigenvalue weighted by Crippen LogP contribution is 2.30. The lowest BCUT2D eigenvalue weighted by atomic mass is 10.1. The van der Waals surface area contributed by atoms with Gasteiger partial charge in [-0.15, -0.1) is 22.7 Å². The molecule has 9 heteroatoms. The van der Waals surface area contributed by atoms with E-state index >= 15 is 0 Å². The predicted octanol–water partition coefficient (Wildman–Crippen LogP) is 1.42. The third kappa shape index (κ3) is 2.79. The Balaban J connectivity index is 1.60. The monoisotopic (exact) mass is 383 g/mol. The minimum atomic E-state index is -3.09. The molecule has 2 aliphatic rings. The zero-order chi connectivity index (χ0) is 16.9. The fourth-order valence-corrected chi connectivity index (χ4v) is 7.07. The van der Waals surface area contributed by atoms with Crippen LogP contribution in [0.1, 0.15) is 10.5 Å². The van der Waals surface area contributed by atoms with Gasteiger partial charge in [-0.05, 0) is 18.5 Å². The van der Waals surface area contributed by atoms with E-state index in [1.165, 1.54) is 11.3 Å². The maximum absolute atomic E-state index is 12.9. The highest BCUT2D eigenvalue weighted by atomic mass is 32.2. The summed E-state index contributed by atoms with van der Waals surface area (Å²) in [5.74, 6) is 0.0275. The van der Waals surface area contributed by atoms with Gasteiger partial charge in [-0.1, -0.05) is 6.07 Å². The van der Waals surface area contributed by atoms with Gasteiger partial charge in [-0.25, -0.2) is 13.4 Å². The Bertz CT molecular complexity index is 860. The first-order valence-corrected chi connectivity index (χ1v) is 11.2. The zero-order valence-corrected chi connectivity index (χ0v) is 15.5. The number of piperazine rings is 1. The summed E-state index contributed by atoms with van der Waals surface area (Å²) in [5, 5.41) is 4.58. The average molecular weight is 384 g/mol.